The van der Waals surface area contributed by atoms with E-state index < -0.39 is 16.0 Å². The van der Waals surface area contributed by atoms with Crippen molar-refractivity contribution in [1.29, 1.82) is 0 Å². The van der Waals surface area contributed by atoms with E-state index in [2.05, 4.69) is 0 Å². The van der Waals surface area contributed by atoms with Crippen molar-refractivity contribution in [3.63, 3.8) is 0 Å². The number of nitrogens with zero attached hydrogens (tertiary/aromatic N) is 1. The lowest BCUT2D eigenvalue weighted by atomic mass is 10.2. The van der Waals surface area contributed by atoms with E-state index in [0.29, 0.717) is 11.4 Å². The van der Waals surface area contributed by atoms with Crippen molar-refractivity contribution in [3.05, 3.63) is 53.1 Å². The number of aromatic carboxylic acids is 1. The highest BCUT2D eigenvalue weighted by atomic mass is 35.5. The van der Waals surface area contributed by atoms with Crippen molar-refractivity contribution in [3.8, 4) is 5.75 Å². The number of anilines is 1. The molecule has 6 nitrogen and oxygen atoms in total. The molecule has 2 rings (SSSR count). The SMILES string of the molecule is COc1ccccc1N(C)S(=O)(=O)c1cc(Cl)cc(C(=O)O)c1. The van der Waals surface area contributed by atoms with Crippen LogP contribution in [0.25, 0.3) is 0 Å². The Labute approximate surface area is 138 Å². The number of methoxy groups -OCH3 is 1. The standard InChI is InChI=1S/C15H14ClNO5S/c1-17(13-5-3-4-6-14(13)22-2)23(20,21)12-8-10(15(18)19)7-11(16)9-12/h3-9H,1-2H3,(H,18,19). The number of rotatable bonds is 5. The molecule has 0 saturated heterocycles. The third kappa shape index (κ3) is 3.40. The second kappa shape index (κ2) is 6.47. The van der Waals surface area contributed by atoms with Gasteiger partial charge in [-0.1, -0.05) is 23.7 Å². The van der Waals surface area contributed by atoms with E-state index in [9.17, 15) is 13.2 Å². The fraction of sp³-hybridized carbons (Fsp3) is 0.133. The summed E-state index contributed by atoms with van der Waals surface area (Å²) in [7, 11) is -1.21. The van der Waals surface area contributed by atoms with Gasteiger partial charge in [-0.05, 0) is 30.3 Å². The van der Waals surface area contributed by atoms with Gasteiger partial charge in [0.2, 0.25) is 0 Å². The molecule has 2 aromatic carbocycles. The summed E-state index contributed by atoms with van der Waals surface area (Å²) in [6.07, 6.45) is 0. The van der Waals surface area contributed by atoms with Crippen LogP contribution in [0.3, 0.4) is 0 Å². The minimum absolute atomic E-state index is 0.0249. The Morgan fingerprint density at radius 1 is 1.22 bits per heavy atom. The third-order valence-corrected chi connectivity index (χ3v) is 5.17. The predicted octanol–water partition coefficient (Wildman–Crippen LogP) is 2.87. The minimum Gasteiger partial charge on any atom is -0.495 e. The highest BCUT2D eigenvalue weighted by Crippen LogP contribution is 2.31. The molecule has 0 fully saturated rings. The summed E-state index contributed by atoms with van der Waals surface area (Å²) < 4.78 is 31.7. The maximum atomic E-state index is 12.7. The van der Waals surface area contributed by atoms with Crippen LogP contribution < -0.4 is 9.04 Å². The molecule has 122 valence electrons. The van der Waals surface area contributed by atoms with Gasteiger partial charge in [0.1, 0.15) is 5.75 Å². The number of benzene rings is 2. The fourth-order valence-electron chi connectivity index (χ4n) is 2.01. The highest BCUT2D eigenvalue weighted by Gasteiger charge is 2.25. The van der Waals surface area contributed by atoms with E-state index in [1.807, 2.05) is 0 Å². The van der Waals surface area contributed by atoms with E-state index in [-0.39, 0.29) is 15.5 Å². The van der Waals surface area contributed by atoms with Crippen molar-refractivity contribution in [2.45, 2.75) is 4.90 Å². The van der Waals surface area contributed by atoms with Crippen LogP contribution >= 0.6 is 11.6 Å². The van der Waals surface area contributed by atoms with E-state index in [4.69, 9.17) is 21.4 Å². The van der Waals surface area contributed by atoms with Gasteiger partial charge in [-0.15, -0.1) is 0 Å². The zero-order valence-electron chi connectivity index (χ0n) is 12.4. The molecule has 0 aromatic heterocycles. The smallest absolute Gasteiger partial charge is 0.335 e. The molecule has 0 heterocycles. The van der Waals surface area contributed by atoms with Gasteiger partial charge in [-0.25, -0.2) is 13.2 Å². The normalized spacial score (nSPS) is 11.1. The number of ether oxygens (including phenoxy) is 1. The Morgan fingerprint density at radius 3 is 2.48 bits per heavy atom. The van der Waals surface area contributed by atoms with Gasteiger partial charge < -0.3 is 9.84 Å². The number of sulfonamides is 1. The van der Waals surface area contributed by atoms with Crippen LogP contribution in [0.15, 0.2) is 47.4 Å². The van der Waals surface area contributed by atoms with Crippen LogP contribution in [0.1, 0.15) is 10.4 Å². The largest absolute Gasteiger partial charge is 0.495 e. The Kier molecular flexibility index (Phi) is 4.82. The molecule has 0 bridgehead atoms. The molecule has 0 aliphatic rings. The summed E-state index contributed by atoms with van der Waals surface area (Å²) in [4.78, 5) is 10.9. The maximum Gasteiger partial charge on any atom is 0.335 e. The molecule has 0 unspecified atom stereocenters. The number of hydrogen-bond acceptors (Lipinski definition) is 4. The second-order valence-electron chi connectivity index (χ2n) is 4.63. The van der Waals surface area contributed by atoms with Gasteiger partial charge in [0, 0.05) is 12.1 Å². The van der Waals surface area contributed by atoms with Crippen LogP contribution in [-0.2, 0) is 10.0 Å². The highest BCUT2D eigenvalue weighted by molar-refractivity contribution is 7.92. The van der Waals surface area contributed by atoms with Gasteiger partial charge in [0.15, 0.2) is 0 Å². The molecular formula is C15H14ClNO5S. The monoisotopic (exact) mass is 355 g/mol. The molecule has 0 aliphatic carbocycles. The van der Waals surface area contributed by atoms with Crippen molar-refractivity contribution in [1.82, 2.24) is 0 Å². The molecule has 23 heavy (non-hydrogen) atoms. The Balaban J connectivity index is 2.56. The van der Waals surface area contributed by atoms with Crippen LogP contribution in [0.4, 0.5) is 5.69 Å². The summed E-state index contributed by atoms with van der Waals surface area (Å²) in [5, 5.41) is 9.08. The van der Waals surface area contributed by atoms with Crippen LogP contribution in [-0.4, -0.2) is 33.7 Å². The van der Waals surface area contributed by atoms with Gasteiger partial charge in [0.25, 0.3) is 10.0 Å². The van der Waals surface area contributed by atoms with Gasteiger partial charge in [-0.2, -0.15) is 0 Å². The van der Waals surface area contributed by atoms with Crippen molar-refractivity contribution >= 4 is 33.3 Å². The number of carbonyl (C=O) groups is 1. The summed E-state index contributed by atoms with van der Waals surface area (Å²) in [5.74, 6) is -0.886. The molecule has 0 atom stereocenters. The molecule has 0 amide bonds. The van der Waals surface area contributed by atoms with E-state index in [1.54, 1.807) is 24.3 Å². The number of para-hydroxylation sites is 2. The first kappa shape index (κ1) is 17.1. The summed E-state index contributed by atoms with van der Waals surface area (Å²) in [6.45, 7) is 0. The Bertz CT molecular complexity index is 851. The quantitative estimate of drug-likeness (QED) is 0.891. The summed E-state index contributed by atoms with van der Waals surface area (Å²) in [6, 6.07) is 10.0. The van der Waals surface area contributed by atoms with E-state index >= 15 is 0 Å². The molecule has 0 saturated carbocycles. The van der Waals surface area contributed by atoms with Crippen LogP contribution in [0.5, 0.6) is 5.75 Å². The lowest BCUT2D eigenvalue weighted by molar-refractivity contribution is 0.0696. The van der Waals surface area contributed by atoms with Gasteiger partial charge in [-0.3, -0.25) is 4.31 Å². The number of carboxylic acids is 1. The van der Waals surface area contributed by atoms with Gasteiger partial charge in [0.05, 0.1) is 23.3 Å². The van der Waals surface area contributed by atoms with Crippen molar-refractivity contribution in [2.75, 3.05) is 18.5 Å². The van der Waals surface area contributed by atoms with E-state index in [1.165, 1.54) is 26.3 Å². The topological polar surface area (TPSA) is 83.9 Å². The zero-order valence-corrected chi connectivity index (χ0v) is 13.9. The molecular weight excluding hydrogens is 342 g/mol. The van der Waals surface area contributed by atoms with E-state index in [0.717, 1.165) is 10.4 Å². The molecule has 0 spiro atoms. The first-order valence-corrected chi connectivity index (χ1v) is 8.25. The second-order valence-corrected chi connectivity index (χ2v) is 7.03. The average molecular weight is 356 g/mol. The fourth-order valence-corrected chi connectivity index (χ4v) is 3.59. The molecule has 0 radical (unpaired) electrons. The number of hydrogen-bond donors (Lipinski definition) is 1. The van der Waals surface area contributed by atoms with Crippen LogP contribution in [0, 0.1) is 0 Å². The third-order valence-electron chi connectivity index (χ3n) is 3.20. The molecule has 0 aliphatic heterocycles. The first-order chi connectivity index (χ1) is 10.8. The minimum atomic E-state index is -4.00. The Morgan fingerprint density at radius 2 is 1.87 bits per heavy atom. The van der Waals surface area contributed by atoms with Gasteiger partial charge >= 0.3 is 5.97 Å². The lowest BCUT2D eigenvalue weighted by Crippen LogP contribution is -2.27. The molecule has 1 N–H and O–H groups in total. The number of halogens is 1. The zero-order chi connectivity index (χ0) is 17.2. The first-order valence-electron chi connectivity index (χ1n) is 6.43. The van der Waals surface area contributed by atoms with Crippen molar-refractivity contribution < 1.29 is 23.1 Å². The lowest BCUT2D eigenvalue weighted by Gasteiger charge is -2.21. The number of carboxylic acid groups (broad SMARTS) is 1. The van der Waals surface area contributed by atoms with Crippen molar-refractivity contribution in [2.24, 2.45) is 0 Å². The average Bonchev–Trinajstić information content (AvgIpc) is 2.53. The predicted molar refractivity (Wildman–Crippen MR) is 87.0 cm³/mol. The Hall–Kier alpha value is -2.25. The van der Waals surface area contributed by atoms with Crippen LogP contribution in [0.2, 0.25) is 5.02 Å². The molecule has 8 heteroatoms. The summed E-state index contributed by atoms with van der Waals surface area (Å²) in [5.41, 5.74) is 0.122. The summed E-state index contributed by atoms with van der Waals surface area (Å²) >= 11 is 5.84. The maximum absolute atomic E-state index is 12.7. The molecule has 2 aromatic rings.